The summed E-state index contributed by atoms with van der Waals surface area (Å²) in [5.74, 6) is -0.0297. The molecule has 0 aliphatic carbocycles. The van der Waals surface area contributed by atoms with E-state index in [1.54, 1.807) is 11.1 Å². The minimum atomic E-state index is -0.0756. The molecule has 0 radical (unpaired) electrons. The Morgan fingerprint density at radius 2 is 1.67 bits per heavy atom. The van der Waals surface area contributed by atoms with Crippen LogP contribution >= 0.6 is 11.3 Å². The lowest BCUT2D eigenvalue weighted by Crippen LogP contribution is -2.50. The summed E-state index contributed by atoms with van der Waals surface area (Å²) >= 11 is 1.45. The Morgan fingerprint density at radius 1 is 0.963 bits per heavy atom. The number of piperazine rings is 1. The number of hydrogen-bond acceptors (Lipinski definition) is 6. The molecule has 2 saturated heterocycles. The first-order valence-corrected chi connectivity index (χ1v) is 10.0. The van der Waals surface area contributed by atoms with Crippen LogP contribution in [-0.4, -0.2) is 79.1 Å². The van der Waals surface area contributed by atoms with Crippen molar-refractivity contribution in [2.75, 3.05) is 57.4 Å². The Labute approximate surface area is 162 Å². The van der Waals surface area contributed by atoms with Gasteiger partial charge in [0.05, 0.1) is 18.1 Å². The third kappa shape index (κ3) is 3.96. The molecular weight excluding hydrogens is 364 g/mol. The van der Waals surface area contributed by atoms with Crippen LogP contribution in [0.5, 0.6) is 0 Å². The first kappa shape index (κ1) is 17.9. The van der Waals surface area contributed by atoms with Crippen LogP contribution in [0, 0.1) is 0 Å². The van der Waals surface area contributed by atoms with Crippen LogP contribution in [0.3, 0.4) is 0 Å². The number of amides is 2. The van der Waals surface area contributed by atoms with E-state index in [1.165, 1.54) is 11.3 Å². The lowest BCUT2D eigenvalue weighted by Gasteiger charge is -2.34. The van der Waals surface area contributed by atoms with Gasteiger partial charge in [-0.3, -0.25) is 14.6 Å². The second-order valence-corrected chi connectivity index (χ2v) is 7.51. The van der Waals surface area contributed by atoms with Crippen molar-refractivity contribution in [2.45, 2.75) is 0 Å². The van der Waals surface area contributed by atoms with Crippen molar-refractivity contribution in [3.63, 3.8) is 0 Å². The Balaban J connectivity index is 1.38. The smallest absolute Gasteiger partial charge is 0.272 e. The number of nitrogens with zero attached hydrogens (tertiary/aromatic N) is 4. The number of hydrogen-bond donors (Lipinski definition) is 0. The van der Waals surface area contributed by atoms with E-state index in [1.807, 2.05) is 34.5 Å². The van der Waals surface area contributed by atoms with E-state index in [2.05, 4.69) is 9.88 Å². The number of carbonyl (C=O) groups is 2. The van der Waals surface area contributed by atoms with Gasteiger partial charge in [0.1, 0.15) is 5.69 Å². The maximum Gasteiger partial charge on any atom is 0.272 e. The molecule has 0 atom stereocenters. The molecule has 0 aromatic carbocycles. The van der Waals surface area contributed by atoms with Gasteiger partial charge in [-0.25, -0.2) is 0 Å². The zero-order valence-electron chi connectivity index (χ0n) is 15.0. The number of carbonyl (C=O) groups excluding carboxylic acids is 2. The molecule has 0 N–H and O–H groups in total. The second kappa shape index (κ2) is 8.06. The largest absolute Gasteiger partial charge is 0.378 e. The normalized spacial score (nSPS) is 17.9. The van der Waals surface area contributed by atoms with E-state index < -0.39 is 0 Å². The molecule has 7 nitrogen and oxygen atoms in total. The Bertz CT molecular complexity index is 797. The second-order valence-electron chi connectivity index (χ2n) is 6.56. The van der Waals surface area contributed by atoms with Crippen LogP contribution in [0.15, 0.2) is 35.8 Å². The van der Waals surface area contributed by atoms with Crippen molar-refractivity contribution >= 4 is 28.8 Å². The third-order valence-electron chi connectivity index (χ3n) is 4.92. The van der Waals surface area contributed by atoms with E-state index in [0.717, 1.165) is 23.7 Å². The molecule has 2 fully saturated rings. The molecular formula is C19H22N4O3S. The number of aromatic nitrogens is 1. The fourth-order valence-corrected chi connectivity index (χ4v) is 4.08. The van der Waals surface area contributed by atoms with Crippen molar-refractivity contribution in [2.24, 2.45) is 0 Å². The molecule has 2 aliphatic heterocycles. The van der Waals surface area contributed by atoms with Crippen LogP contribution in [-0.2, 0) is 4.74 Å². The molecule has 2 aromatic rings. The average molecular weight is 386 g/mol. The van der Waals surface area contributed by atoms with Gasteiger partial charge in [0.15, 0.2) is 0 Å². The van der Waals surface area contributed by atoms with Gasteiger partial charge >= 0.3 is 0 Å². The zero-order valence-corrected chi connectivity index (χ0v) is 15.9. The maximum absolute atomic E-state index is 12.9. The number of morpholine rings is 1. The van der Waals surface area contributed by atoms with Gasteiger partial charge in [0, 0.05) is 51.2 Å². The monoisotopic (exact) mass is 386 g/mol. The SMILES string of the molecule is O=C(c1cc(N2CCOCC2)ccn1)N1CCN(C(=O)c2cccs2)CC1. The summed E-state index contributed by atoms with van der Waals surface area (Å²) in [6.45, 7) is 5.19. The molecule has 4 heterocycles. The average Bonchev–Trinajstić information content (AvgIpc) is 3.28. The number of rotatable bonds is 3. The summed E-state index contributed by atoms with van der Waals surface area (Å²) in [7, 11) is 0. The number of pyridine rings is 1. The zero-order chi connectivity index (χ0) is 18.6. The molecule has 0 bridgehead atoms. The highest BCUT2D eigenvalue weighted by Gasteiger charge is 2.26. The molecule has 2 aromatic heterocycles. The van der Waals surface area contributed by atoms with Crippen LogP contribution in [0.1, 0.15) is 20.2 Å². The summed E-state index contributed by atoms with van der Waals surface area (Å²) in [5, 5.41) is 1.90. The highest BCUT2D eigenvalue weighted by atomic mass is 32.1. The summed E-state index contributed by atoms with van der Waals surface area (Å²) in [4.78, 5) is 36.1. The predicted octanol–water partition coefficient (Wildman–Crippen LogP) is 1.58. The highest BCUT2D eigenvalue weighted by Crippen LogP contribution is 2.18. The molecule has 4 rings (SSSR count). The summed E-state index contributed by atoms with van der Waals surface area (Å²) < 4.78 is 5.39. The van der Waals surface area contributed by atoms with Crippen LogP contribution < -0.4 is 4.90 Å². The first-order chi connectivity index (χ1) is 13.2. The lowest BCUT2D eigenvalue weighted by atomic mass is 10.2. The topological polar surface area (TPSA) is 66.0 Å². The van der Waals surface area contributed by atoms with Gasteiger partial charge < -0.3 is 19.4 Å². The molecule has 142 valence electrons. The summed E-state index contributed by atoms with van der Waals surface area (Å²) in [6.07, 6.45) is 1.69. The van der Waals surface area contributed by atoms with Crippen molar-refractivity contribution in [3.05, 3.63) is 46.4 Å². The van der Waals surface area contributed by atoms with Crippen molar-refractivity contribution in [3.8, 4) is 0 Å². The molecule has 0 spiro atoms. The quantitative estimate of drug-likeness (QED) is 0.801. The predicted molar refractivity (Wildman–Crippen MR) is 103 cm³/mol. The molecule has 8 heteroatoms. The van der Waals surface area contributed by atoms with Gasteiger partial charge in [0.25, 0.3) is 11.8 Å². The summed E-state index contributed by atoms with van der Waals surface area (Å²) in [5.41, 5.74) is 1.46. The number of anilines is 1. The molecule has 2 aliphatic rings. The van der Waals surface area contributed by atoms with Gasteiger partial charge in [-0.05, 0) is 23.6 Å². The van der Waals surface area contributed by atoms with E-state index in [0.29, 0.717) is 45.1 Å². The molecule has 27 heavy (non-hydrogen) atoms. The van der Waals surface area contributed by atoms with E-state index in [9.17, 15) is 9.59 Å². The minimum absolute atomic E-state index is 0.0459. The Kier molecular flexibility index (Phi) is 5.35. The fraction of sp³-hybridized carbons (Fsp3) is 0.421. The molecule has 2 amide bonds. The van der Waals surface area contributed by atoms with Crippen LogP contribution in [0.4, 0.5) is 5.69 Å². The van der Waals surface area contributed by atoms with E-state index in [-0.39, 0.29) is 11.8 Å². The van der Waals surface area contributed by atoms with Gasteiger partial charge in [-0.2, -0.15) is 0 Å². The molecule has 0 saturated carbocycles. The molecule has 0 unspecified atom stereocenters. The van der Waals surface area contributed by atoms with Crippen LogP contribution in [0.2, 0.25) is 0 Å². The minimum Gasteiger partial charge on any atom is -0.378 e. The van der Waals surface area contributed by atoms with E-state index in [4.69, 9.17) is 4.74 Å². The standard InChI is InChI=1S/C19H22N4O3S/c24-18(16-14-15(3-4-20-16)21-9-11-26-12-10-21)22-5-7-23(8-6-22)19(25)17-2-1-13-27-17/h1-4,13-14H,5-12H2. The Hall–Kier alpha value is -2.45. The van der Waals surface area contributed by atoms with Crippen molar-refractivity contribution in [1.82, 2.24) is 14.8 Å². The van der Waals surface area contributed by atoms with Crippen LogP contribution in [0.25, 0.3) is 0 Å². The summed E-state index contributed by atoms with van der Waals surface area (Å²) in [6, 6.07) is 7.51. The van der Waals surface area contributed by atoms with Crippen molar-refractivity contribution < 1.29 is 14.3 Å². The highest BCUT2D eigenvalue weighted by molar-refractivity contribution is 7.12. The number of ether oxygens (including phenoxy) is 1. The maximum atomic E-state index is 12.9. The third-order valence-corrected chi connectivity index (χ3v) is 5.78. The first-order valence-electron chi connectivity index (χ1n) is 9.13. The van der Waals surface area contributed by atoms with Gasteiger partial charge in [-0.1, -0.05) is 6.07 Å². The van der Waals surface area contributed by atoms with Gasteiger partial charge in [0.2, 0.25) is 0 Å². The number of thiophene rings is 1. The van der Waals surface area contributed by atoms with Gasteiger partial charge in [-0.15, -0.1) is 11.3 Å². The lowest BCUT2D eigenvalue weighted by molar-refractivity contribution is 0.0535. The Morgan fingerprint density at radius 3 is 2.33 bits per heavy atom. The van der Waals surface area contributed by atoms with Crippen molar-refractivity contribution in [1.29, 1.82) is 0 Å². The van der Waals surface area contributed by atoms with E-state index >= 15 is 0 Å². The fourth-order valence-electron chi connectivity index (χ4n) is 3.39.